The number of hydrogen-bond donors (Lipinski definition) is 1. The molecule has 0 spiro atoms. The molecule has 3 nitrogen and oxygen atoms in total. The van der Waals surface area contributed by atoms with Gasteiger partial charge >= 0.3 is 0 Å². The standard InChI is InChI=1S/C16H30N2O.ClH/c1-17-12-15-10-11-18(13-15)16(19)9-5-8-14-6-3-2-4-7-14;/h14-15,17H,2-13H2,1H3;1H. The summed E-state index contributed by atoms with van der Waals surface area (Å²) in [5, 5.41) is 3.22. The fourth-order valence-electron chi connectivity index (χ4n) is 3.69. The van der Waals surface area contributed by atoms with Gasteiger partial charge in [-0.15, -0.1) is 12.4 Å². The number of halogens is 1. The predicted molar refractivity (Wildman–Crippen MR) is 86.3 cm³/mol. The molecule has 1 saturated carbocycles. The first kappa shape index (κ1) is 17.8. The van der Waals surface area contributed by atoms with Crippen molar-refractivity contribution in [3.8, 4) is 0 Å². The average Bonchev–Trinajstić information content (AvgIpc) is 2.89. The monoisotopic (exact) mass is 302 g/mol. The topological polar surface area (TPSA) is 32.3 Å². The first-order valence-electron chi connectivity index (χ1n) is 8.22. The van der Waals surface area contributed by atoms with Crippen LogP contribution in [0.15, 0.2) is 0 Å². The van der Waals surface area contributed by atoms with Crippen LogP contribution in [0.3, 0.4) is 0 Å². The molecule has 0 radical (unpaired) electrons. The van der Waals surface area contributed by atoms with Gasteiger partial charge in [0.25, 0.3) is 0 Å². The summed E-state index contributed by atoms with van der Waals surface area (Å²) >= 11 is 0. The summed E-state index contributed by atoms with van der Waals surface area (Å²) < 4.78 is 0. The van der Waals surface area contributed by atoms with Crippen molar-refractivity contribution in [2.24, 2.45) is 11.8 Å². The van der Waals surface area contributed by atoms with Gasteiger partial charge in [0.2, 0.25) is 5.91 Å². The summed E-state index contributed by atoms with van der Waals surface area (Å²) in [5.41, 5.74) is 0. The van der Waals surface area contributed by atoms with Gasteiger partial charge in [-0.25, -0.2) is 0 Å². The van der Waals surface area contributed by atoms with E-state index in [1.165, 1.54) is 44.9 Å². The van der Waals surface area contributed by atoms with Crippen LogP contribution in [0.2, 0.25) is 0 Å². The van der Waals surface area contributed by atoms with Gasteiger partial charge < -0.3 is 10.2 Å². The second kappa shape index (κ2) is 9.62. The highest BCUT2D eigenvalue weighted by atomic mass is 35.5. The number of carbonyl (C=O) groups is 1. The molecule has 20 heavy (non-hydrogen) atoms. The number of nitrogens with zero attached hydrogens (tertiary/aromatic N) is 1. The summed E-state index contributed by atoms with van der Waals surface area (Å²) in [7, 11) is 1.99. The minimum atomic E-state index is 0. The Labute approximate surface area is 130 Å². The Bertz CT molecular complexity index is 280. The maximum absolute atomic E-state index is 12.1. The molecule has 0 bridgehead atoms. The molecule has 1 saturated heterocycles. The third-order valence-electron chi connectivity index (χ3n) is 4.86. The number of nitrogens with one attached hydrogen (secondary N) is 1. The zero-order valence-corrected chi connectivity index (χ0v) is 13.7. The first-order valence-corrected chi connectivity index (χ1v) is 8.22. The van der Waals surface area contributed by atoms with Crippen LogP contribution in [-0.4, -0.2) is 37.5 Å². The summed E-state index contributed by atoms with van der Waals surface area (Å²) in [6.07, 6.45) is 11.4. The van der Waals surface area contributed by atoms with Gasteiger partial charge in [0.15, 0.2) is 0 Å². The van der Waals surface area contributed by atoms with Crippen LogP contribution in [0, 0.1) is 11.8 Å². The molecule has 0 aromatic rings. The summed E-state index contributed by atoms with van der Waals surface area (Å²) in [5.74, 6) is 1.99. The largest absolute Gasteiger partial charge is 0.342 e. The predicted octanol–water partition coefficient (Wildman–Crippen LogP) is 3.23. The molecule has 0 aromatic carbocycles. The van der Waals surface area contributed by atoms with Crippen molar-refractivity contribution in [3.63, 3.8) is 0 Å². The van der Waals surface area contributed by atoms with Gasteiger partial charge in [0, 0.05) is 19.5 Å². The Morgan fingerprint density at radius 3 is 2.60 bits per heavy atom. The van der Waals surface area contributed by atoms with Gasteiger partial charge in [0.1, 0.15) is 0 Å². The van der Waals surface area contributed by atoms with Gasteiger partial charge in [-0.1, -0.05) is 32.1 Å². The molecule has 1 aliphatic heterocycles. The van der Waals surface area contributed by atoms with Gasteiger partial charge in [-0.05, 0) is 44.7 Å². The Balaban J connectivity index is 0.00000200. The molecule has 2 aliphatic rings. The molecular weight excluding hydrogens is 272 g/mol. The van der Waals surface area contributed by atoms with Crippen LogP contribution >= 0.6 is 12.4 Å². The SMILES string of the molecule is CNCC1CCN(C(=O)CCCC2CCCCC2)C1.Cl. The summed E-state index contributed by atoms with van der Waals surface area (Å²) in [4.78, 5) is 14.2. The molecule has 1 N–H and O–H groups in total. The lowest BCUT2D eigenvalue weighted by molar-refractivity contribution is -0.130. The number of hydrogen-bond acceptors (Lipinski definition) is 2. The minimum Gasteiger partial charge on any atom is -0.342 e. The van der Waals surface area contributed by atoms with Crippen LogP contribution in [0.25, 0.3) is 0 Å². The molecule has 1 aliphatic carbocycles. The molecule has 4 heteroatoms. The zero-order valence-electron chi connectivity index (χ0n) is 12.9. The molecule has 1 unspecified atom stereocenters. The first-order chi connectivity index (χ1) is 9.29. The van der Waals surface area contributed by atoms with Gasteiger partial charge in [-0.3, -0.25) is 4.79 Å². The number of amides is 1. The van der Waals surface area contributed by atoms with Crippen molar-refractivity contribution >= 4 is 18.3 Å². The van der Waals surface area contributed by atoms with Gasteiger partial charge in [0.05, 0.1) is 0 Å². The van der Waals surface area contributed by atoms with Crippen molar-refractivity contribution in [1.82, 2.24) is 10.2 Å². The smallest absolute Gasteiger partial charge is 0.222 e. The summed E-state index contributed by atoms with van der Waals surface area (Å²) in [6, 6.07) is 0. The van der Waals surface area contributed by atoms with Crippen molar-refractivity contribution in [1.29, 1.82) is 0 Å². The third kappa shape index (κ3) is 5.61. The quantitative estimate of drug-likeness (QED) is 0.817. The molecule has 118 valence electrons. The Hall–Kier alpha value is -0.280. The fourth-order valence-corrected chi connectivity index (χ4v) is 3.69. The number of rotatable bonds is 6. The molecule has 2 rings (SSSR count). The lowest BCUT2D eigenvalue weighted by Gasteiger charge is -2.22. The van der Waals surface area contributed by atoms with Crippen LogP contribution in [0.5, 0.6) is 0 Å². The van der Waals surface area contributed by atoms with E-state index in [9.17, 15) is 4.79 Å². The lowest BCUT2D eigenvalue weighted by atomic mass is 9.86. The van der Waals surface area contributed by atoms with E-state index < -0.39 is 0 Å². The van der Waals surface area contributed by atoms with E-state index in [0.717, 1.165) is 38.4 Å². The van der Waals surface area contributed by atoms with Crippen LogP contribution in [-0.2, 0) is 4.79 Å². The second-order valence-electron chi connectivity index (χ2n) is 6.45. The van der Waals surface area contributed by atoms with Crippen LogP contribution in [0.4, 0.5) is 0 Å². The second-order valence-corrected chi connectivity index (χ2v) is 6.45. The van der Waals surface area contributed by atoms with E-state index in [0.29, 0.717) is 11.8 Å². The van der Waals surface area contributed by atoms with E-state index in [1.807, 2.05) is 7.05 Å². The van der Waals surface area contributed by atoms with E-state index in [-0.39, 0.29) is 12.4 Å². The lowest BCUT2D eigenvalue weighted by Crippen LogP contribution is -2.30. The van der Waals surface area contributed by atoms with Gasteiger partial charge in [-0.2, -0.15) is 0 Å². The molecule has 0 aromatic heterocycles. The molecule has 1 heterocycles. The van der Waals surface area contributed by atoms with E-state index >= 15 is 0 Å². The fraction of sp³-hybridized carbons (Fsp3) is 0.938. The van der Waals surface area contributed by atoms with E-state index in [1.54, 1.807) is 0 Å². The van der Waals surface area contributed by atoms with E-state index in [2.05, 4.69) is 10.2 Å². The highest BCUT2D eigenvalue weighted by molar-refractivity contribution is 5.85. The van der Waals surface area contributed by atoms with Crippen LogP contribution in [0.1, 0.15) is 57.8 Å². The van der Waals surface area contributed by atoms with Crippen molar-refractivity contribution in [2.45, 2.75) is 57.8 Å². The summed E-state index contributed by atoms with van der Waals surface area (Å²) in [6.45, 7) is 3.00. The number of carbonyl (C=O) groups excluding carboxylic acids is 1. The maximum Gasteiger partial charge on any atom is 0.222 e. The molecule has 2 fully saturated rings. The highest BCUT2D eigenvalue weighted by Gasteiger charge is 2.25. The molecule has 1 atom stereocenters. The minimum absolute atomic E-state index is 0. The number of likely N-dealkylation sites (tertiary alicyclic amines) is 1. The highest BCUT2D eigenvalue weighted by Crippen LogP contribution is 2.28. The van der Waals surface area contributed by atoms with Crippen LogP contribution < -0.4 is 5.32 Å². The van der Waals surface area contributed by atoms with Crippen molar-refractivity contribution in [3.05, 3.63) is 0 Å². The van der Waals surface area contributed by atoms with E-state index in [4.69, 9.17) is 0 Å². The van der Waals surface area contributed by atoms with Crippen molar-refractivity contribution in [2.75, 3.05) is 26.7 Å². The average molecular weight is 303 g/mol. The molecular formula is C16H31ClN2O. The Morgan fingerprint density at radius 1 is 1.15 bits per heavy atom. The maximum atomic E-state index is 12.1. The Morgan fingerprint density at radius 2 is 1.90 bits per heavy atom. The van der Waals surface area contributed by atoms with Crippen molar-refractivity contribution < 1.29 is 4.79 Å². The Kier molecular flexibility index (Phi) is 8.55. The third-order valence-corrected chi connectivity index (χ3v) is 4.86. The zero-order chi connectivity index (χ0) is 13.5. The molecule has 1 amide bonds. The normalized spacial score (nSPS) is 23.6.